The minimum absolute atomic E-state index is 0.180. The lowest BCUT2D eigenvalue weighted by molar-refractivity contribution is -0.125. The number of rotatable bonds is 2. The molecular weight excluding hydrogens is 342 g/mol. The van der Waals surface area contributed by atoms with Crippen LogP contribution >= 0.6 is 15.9 Å². The molecule has 1 aromatic carbocycles. The molecule has 1 saturated carbocycles. The van der Waals surface area contributed by atoms with E-state index in [1.54, 1.807) is 18.2 Å². The summed E-state index contributed by atoms with van der Waals surface area (Å²) in [6.45, 7) is 0.528. The molecule has 0 bridgehead atoms. The lowest BCUT2D eigenvalue weighted by atomic mass is 9.75. The van der Waals surface area contributed by atoms with Crippen molar-refractivity contribution in [3.63, 3.8) is 0 Å². The fraction of sp³-hybridized carbons (Fsp3) is 0.571. The molecule has 2 fully saturated rings. The van der Waals surface area contributed by atoms with E-state index in [1.807, 2.05) is 0 Å². The predicted molar refractivity (Wildman–Crippen MR) is 81.3 cm³/mol. The molecule has 2 N–H and O–H groups in total. The second-order valence-electron chi connectivity index (χ2n) is 5.73. The second-order valence-corrected chi connectivity index (χ2v) is 8.84. The quantitative estimate of drug-likeness (QED) is 0.824. The zero-order chi connectivity index (χ0) is 14.4. The standard InChI is InChI=1S/C14H18BrNO3S/c15-10-2-3-13(12(16)8-10)20(17,18)11-4-7-19-14(9-11)5-1-6-14/h2-3,8,11H,1,4-7,9,16H2. The Morgan fingerprint density at radius 1 is 1.35 bits per heavy atom. The van der Waals surface area contributed by atoms with Crippen LogP contribution in [0.2, 0.25) is 0 Å². The first-order valence-electron chi connectivity index (χ1n) is 6.86. The largest absolute Gasteiger partial charge is 0.398 e. The van der Waals surface area contributed by atoms with Crippen LogP contribution < -0.4 is 5.73 Å². The van der Waals surface area contributed by atoms with Gasteiger partial charge in [-0.25, -0.2) is 8.42 Å². The summed E-state index contributed by atoms with van der Waals surface area (Å²) in [5.74, 6) is 0. The van der Waals surface area contributed by atoms with Gasteiger partial charge in [0.25, 0.3) is 0 Å². The predicted octanol–water partition coefficient (Wildman–Crippen LogP) is 2.91. The SMILES string of the molecule is Nc1cc(Br)ccc1S(=O)(=O)C1CCOC2(CCC2)C1. The van der Waals surface area contributed by atoms with Crippen molar-refractivity contribution in [3.05, 3.63) is 22.7 Å². The molecule has 1 aliphatic heterocycles. The van der Waals surface area contributed by atoms with Crippen LogP contribution in [0.15, 0.2) is 27.6 Å². The molecule has 2 aliphatic rings. The summed E-state index contributed by atoms with van der Waals surface area (Å²) in [6, 6.07) is 4.96. The van der Waals surface area contributed by atoms with E-state index in [4.69, 9.17) is 10.5 Å². The zero-order valence-electron chi connectivity index (χ0n) is 11.1. The van der Waals surface area contributed by atoms with E-state index in [-0.39, 0.29) is 15.7 Å². The Morgan fingerprint density at radius 2 is 2.10 bits per heavy atom. The molecule has 6 heteroatoms. The monoisotopic (exact) mass is 359 g/mol. The van der Waals surface area contributed by atoms with Crippen LogP contribution in [0.25, 0.3) is 0 Å². The Labute approximate surface area is 127 Å². The van der Waals surface area contributed by atoms with Crippen molar-refractivity contribution in [1.29, 1.82) is 0 Å². The van der Waals surface area contributed by atoms with Gasteiger partial charge < -0.3 is 10.5 Å². The normalized spacial score (nSPS) is 25.4. The number of hydrogen-bond donors (Lipinski definition) is 1. The fourth-order valence-electron chi connectivity index (χ4n) is 3.13. The van der Waals surface area contributed by atoms with Gasteiger partial charge >= 0.3 is 0 Å². The molecule has 1 aromatic rings. The lowest BCUT2D eigenvalue weighted by Gasteiger charge is -2.46. The highest BCUT2D eigenvalue weighted by Gasteiger charge is 2.46. The molecule has 20 heavy (non-hydrogen) atoms. The molecule has 1 atom stereocenters. The molecule has 1 saturated heterocycles. The summed E-state index contributed by atoms with van der Waals surface area (Å²) in [4.78, 5) is 0.252. The molecule has 3 rings (SSSR count). The number of ether oxygens (including phenoxy) is 1. The highest BCUT2D eigenvalue weighted by Crippen LogP contribution is 2.45. The van der Waals surface area contributed by atoms with Gasteiger partial charge in [0, 0.05) is 11.1 Å². The summed E-state index contributed by atoms with van der Waals surface area (Å²) in [7, 11) is -3.38. The first-order chi connectivity index (χ1) is 9.43. The number of halogens is 1. The Balaban J connectivity index is 1.91. The topological polar surface area (TPSA) is 69.4 Å². The summed E-state index contributed by atoms with van der Waals surface area (Å²) < 4.78 is 32.2. The van der Waals surface area contributed by atoms with E-state index in [0.717, 1.165) is 23.7 Å². The summed E-state index contributed by atoms with van der Waals surface area (Å²) >= 11 is 3.30. The maximum Gasteiger partial charge on any atom is 0.183 e. The maximum atomic E-state index is 12.8. The molecule has 0 amide bonds. The lowest BCUT2D eigenvalue weighted by Crippen LogP contribution is -2.49. The molecule has 1 heterocycles. The Bertz CT molecular complexity index is 625. The first kappa shape index (κ1) is 14.4. The van der Waals surface area contributed by atoms with Crippen molar-refractivity contribution in [2.45, 2.75) is 47.9 Å². The van der Waals surface area contributed by atoms with Gasteiger partial charge in [-0.1, -0.05) is 15.9 Å². The number of sulfone groups is 1. The van der Waals surface area contributed by atoms with E-state index in [9.17, 15) is 8.42 Å². The van der Waals surface area contributed by atoms with Gasteiger partial charge in [0.15, 0.2) is 9.84 Å². The van der Waals surface area contributed by atoms with Crippen LogP contribution in [0.3, 0.4) is 0 Å². The number of nitrogen functional groups attached to an aromatic ring is 1. The second kappa shape index (κ2) is 5.00. The van der Waals surface area contributed by atoms with Gasteiger partial charge in [-0.2, -0.15) is 0 Å². The van der Waals surface area contributed by atoms with Gasteiger partial charge in [0.1, 0.15) is 0 Å². The summed E-state index contributed by atoms with van der Waals surface area (Å²) in [5.41, 5.74) is 6.02. The maximum absolute atomic E-state index is 12.8. The molecule has 0 aromatic heterocycles. The van der Waals surface area contributed by atoms with Crippen LogP contribution in [-0.4, -0.2) is 25.9 Å². The minimum Gasteiger partial charge on any atom is -0.398 e. The fourth-order valence-corrected chi connectivity index (χ4v) is 5.44. The Kier molecular flexibility index (Phi) is 3.59. The van der Waals surface area contributed by atoms with E-state index >= 15 is 0 Å². The van der Waals surface area contributed by atoms with Crippen molar-refractivity contribution < 1.29 is 13.2 Å². The van der Waals surface area contributed by atoms with Gasteiger partial charge in [0.2, 0.25) is 0 Å². The third-order valence-corrected chi connectivity index (χ3v) is 7.19. The van der Waals surface area contributed by atoms with Crippen LogP contribution in [0, 0.1) is 0 Å². The van der Waals surface area contributed by atoms with E-state index in [2.05, 4.69) is 15.9 Å². The Hall–Kier alpha value is -0.590. The molecule has 1 spiro atoms. The smallest absolute Gasteiger partial charge is 0.183 e. The number of hydrogen-bond acceptors (Lipinski definition) is 4. The average molecular weight is 360 g/mol. The van der Waals surface area contributed by atoms with Crippen LogP contribution in [0.5, 0.6) is 0 Å². The summed E-state index contributed by atoms with van der Waals surface area (Å²) in [6.07, 6.45) is 4.25. The van der Waals surface area contributed by atoms with Crippen molar-refractivity contribution in [2.24, 2.45) is 0 Å². The van der Waals surface area contributed by atoms with E-state index < -0.39 is 9.84 Å². The highest BCUT2D eigenvalue weighted by atomic mass is 79.9. The molecule has 110 valence electrons. The summed E-state index contributed by atoms with van der Waals surface area (Å²) in [5, 5.41) is -0.375. The van der Waals surface area contributed by atoms with Crippen molar-refractivity contribution >= 4 is 31.5 Å². The van der Waals surface area contributed by atoms with Gasteiger partial charge in [0.05, 0.1) is 21.4 Å². The molecule has 1 unspecified atom stereocenters. The van der Waals surface area contributed by atoms with Gasteiger partial charge in [-0.3, -0.25) is 0 Å². The minimum atomic E-state index is -3.38. The first-order valence-corrected chi connectivity index (χ1v) is 9.20. The van der Waals surface area contributed by atoms with Gasteiger partial charge in [-0.15, -0.1) is 0 Å². The van der Waals surface area contributed by atoms with Crippen molar-refractivity contribution in [1.82, 2.24) is 0 Å². The molecular formula is C14H18BrNO3S. The third-order valence-electron chi connectivity index (χ3n) is 4.43. The van der Waals surface area contributed by atoms with E-state index in [1.165, 1.54) is 0 Å². The Morgan fingerprint density at radius 3 is 2.70 bits per heavy atom. The van der Waals surface area contributed by atoms with Crippen LogP contribution in [0.4, 0.5) is 5.69 Å². The molecule has 4 nitrogen and oxygen atoms in total. The van der Waals surface area contributed by atoms with Crippen molar-refractivity contribution in [2.75, 3.05) is 12.3 Å². The molecule has 0 radical (unpaired) electrons. The van der Waals surface area contributed by atoms with Gasteiger partial charge in [-0.05, 0) is 50.3 Å². The van der Waals surface area contributed by atoms with Crippen LogP contribution in [0.1, 0.15) is 32.1 Å². The highest BCUT2D eigenvalue weighted by molar-refractivity contribution is 9.10. The molecule has 1 aliphatic carbocycles. The number of benzene rings is 1. The number of anilines is 1. The van der Waals surface area contributed by atoms with E-state index in [0.29, 0.717) is 25.1 Å². The van der Waals surface area contributed by atoms with Crippen LogP contribution in [-0.2, 0) is 14.6 Å². The zero-order valence-corrected chi connectivity index (χ0v) is 13.5. The third kappa shape index (κ3) is 2.38. The van der Waals surface area contributed by atoms with Crippen molar-refractivity contribution in [3.8, 4) is 0 Å². The number of nitrogens with two attached hydrogens (primary N) is 1. The average Bonchev–Trinajstić information content (AvgIpc) is 2.36.